The summed E-state index contributed by atoms with van der Waals surface area (Å²) in [4.78, 5) is 4.30. The zero-order valence-electron chi connectivity index (χ0n) is 12.6. The van der Waals surface area contributed by atoms with Crippen molar-refractivity contribution in [3.05, 3.63) is 24.3 Å². The minimum Gasteiger partial charge on any atom is -0.386 e. The molecule has 0 aromatic heterocycles. The molecule has 1 heterocycles. The van der Waals surface area contributed by atoms with Crippen LogP contribution in [-0.2, 0) is 14.8 Å². The van der Waals surface area contributed by atoms with Gasteiger partial charge in [-0.1, -0.05) is 0 Å². The van der Waals surface area contributed by atoms with E-state index in [0.29, 0.717) is 18.8 Å². The fourth-order valence-corrected chi connectivity index (χ4v) is 4.01. The van der Waals surface area contributed by atoms with Gasteiger partial charge >= 0.3 is 0 Å². The Labute approximate surface area is 136 Å². The molecule has 0 amide bonds. The van der Waals surface area contributed by atoms with Crippen molar-refractivity contribution >= 4 is 33.1 Å². The van der Waals surface area contributed by atoms with Crippen LogP contribution in [0.5, 0.6) is 0 Å². The SMILES string of the molecule is CC1CN(S(=O)(=O)c2ccc(N=C(N)CCl)cc2)CC(C)O1. The third-order valence-corrected chi connectivity index (χ3v) is 5.39. The highest BCUT2D eigenvalue weighted by molar-refractivity contribution is 7.89. The summed E-state index contributed by atoms with van der Waals surface area (Å²) >= 11 is 5.56. The van der Waals surface area contributed by atoms with Crippen LogP contribution in [0.3, 0.4) is 0 Å². The Balaban J connectivity index is 2.23. The molecule has 1 aliphatic rings. The number of rotatable bonds is 4. The lowest BCUT2D eigenvalue weighted by Crippen LogP contribution is -2.48. The lowest BCUT2D eigenvalue weighted by atomic mass is 10.3. The van der Waals surface area contributed by atoms with Crippen molar-refractivity contribution in [1.82, 2.24) is 4.31 Å². The maximum atomic E-state index is 12.7. The second kappa shape index (κ2) is 6.95. The van der Waals surface area contributed by atoms with Crippen molar-refractivity contribution in [1.29, 1.82) is 0 Å². The maximum Gasteiger partial charge on any atom is 0.243 e. The minimum atomic E-state index is -3.53. The van der Waals surface area contributed by atoms with Crippen molar-refractivity contribution in [3.8, 4) is 0 Å². The molecule has 8 heteroatoms. The van der Waals surface area contributed by atoms with Gasteiger partial charge in [-0.3, -0.25) is 0 Å². The zero-order valence-corrected chi connectivity index (χ0v) is 14.1. The molecule has 6 nitrogen and oxygen atoms in total. The molecular formula is C14H20ClN3O3S. The van der Waals surface area contributed by atoms with E-state index in [4.69, 9.17) is 22.1 Å². The Morgan fingerprint density at radius 1 is 1.32 bits per heavy atom. The van der Waals surface area contributed by atoms with Crippen LogP contribution in [0, 0.1) is 0 Å². The van der Waals surface area contributed by atoms with Gasteiger partial charge in [0.2, 0.25) is 10.0 Å². The molecule has 1 fully saturated rings. The molecule has 2 rings (SSSR count). The average Bonchev–Trinajstić information content (AvgIpc) is 2.46. The number of amidine groups is 1. The Hall–Kier alpha value is -1.15. The first-order valence-corrected chi connectivity index (χ1v) is 8.95. The summed E-state index contributed by atoms with van der Waals surface area (Å²) < 4.78 is 32.3. The summed E-state index contributed by atoms with van der Waals surface area (Å²) in [5, 5.41) is 0. The van der Waals surface area contributed by atoms with Gasteiger partial charge in [-0.25, -0.2) is 13.4 Å². The van der Waals surface area contributed by atoms with Crippen LogP contribution in [0.15, 0.2) is 34.2 Å². The zero-order chi connectivity index (χ0) is 16.3. The molecule has 0 saturated carbocycles. The first-order valence-electron chi connectivity index (χ1n) is 6.97. The number of morpholine rings is 1. The molecule has 0 bridgehead atoms. The second-order valence-corrected chi connectivity index (χ2v) is 7.52. The summed E-state index contributed by atoms with van der Waals surface area (Å²) in [6, 6.07) is 6.28. The molecule has 2 atom stereocenters. The Kier molecular flexibility index (Phi) is 5.44. The topological polar surface area (TPSA) is 85.0 Å². The lowest BCUT2D eigenvalue weighted by Gasteiger charge is -2.34. The van der Waals surface area contributed by atoms with Crippen LogP contribution in [0.2, 0.25) is 0 Å². The van der Waals surface area contributed by atoms with Gasteiger partial charge in [0.15, 0.2) is 0 Å². The van der Waals surface area contributed by atoms with Gasteiger partial charge in [0.25, 0.3) is 0 Å². The Bertz CT molecular complexity index is 636. The van der Waals surface area contributed by atoms with Crippen LogP contribution in [0.25, 0.3) is 0 Å². The predicted molar refractivity (Wildman–Crippen MR) is 87.2 cm³/mol. The van der Waals surface area contributed by atoms with Crippen molar-refractivity contribution in [2.24, 2.45) is 10.7 Å². The first-order chi connectivity index (χ1) is 10.3. The van der Waals surface area contributed by atoms with Crippen LogP contribution in [0.1, 0.15) is 13.8 Å². The molecular weight excluding hydrogens is 326 g/mol. The lowest BCUT2D eigenvalue weighted by molar-refractivity contribution is -0.0440. The van der Waals surface area contributed by atoms with Crippen molar-refractivity contribution in [2.75, 3.05) is 19.0 Å². The number of halogens is 1. The predicted octanol–water partition coefficient (Wildman–Crippen LogP) is 1.71. The monoisotopic (exact) mass is 345 g/mol. The van der Waals surface area contributed by atoms with Crippen LogP contribution in [0.4, 0.5) is 5.69 Å². The van der Waals surface area contributed by atoms with Gasteiger partial charge < -0.3 is 10.5 Å². The fraction of sp³-hybridized carbons (Fsp3) is 0.500. The number of nitrogens with zero attached hydrogens (tertiary/aromatic N) is 2. The summed E-state index contributed by atoms with van der Waals surface area (Å²) in [6.07, 6.45) is -0.239. The third kappa shape index (κ3) is 3.98. The third-order valence-electron chi connectivity index (χ3n) is 3.27. The molecule has 1 saturated heterocycles. The number of benzene rings is 1. The van der Waals surface area contributed by atoms with E-state index in [-0.39, 0.29) is 28.8 Å². The van der Waals surface area contributed by atoms with Gasteiger partial charge in [-0.05, 0) is 38.1 Å². The van der Waals surface area contributed by atoms with Gasteiger partial charge in [-0.15, -0.1) is 11.6 Å². The molecule has 1 aromatic carbocycles. The largest absolute Gasteiger partial charge is 0.386 e. The number of aliphatic imine (C=N–C) groups is 1. The molecule has 22 heavy (non-hydrogen) atoms. The number of ether oxygens (including phenoxy) is 1. The van der Waals surface area contributed by atoms with Gasteiger partial charge in [-0.2, -0.15) is 4.31 Å². The highest BCUT2D eigenvalue weighted by Crippen LogP contribution is 2.23. The van der Waals surface area contributed by atoms with Gasteiger partial charge in [0, 0.05) is 13.1 Å². The van der Waals surface area contributed by atoms with Crippen molar-refractivity contribution < 1.29 is 13.2 Å². The number of alkyl halides is 1. The molecule has 1 aliphatic heterocycles. The first kappa shape index (κ1) is 17.2. The van der Waals surface area contributed by atoms with Gasteiger partial charge in [0.1, 0.15) is 5.84 Å². The van der Waals surface area contributed by atoms with E-state index in [0.717, 1.165) is 0 Å². The van der Waals surface area contributed by atoms with Crippen LogP contribution < -0.4 is 5.73 Å². The number of hydrogen-bond acceptors (Lipinski definition) is 4. The van der Waals surface area contributed by atoms with Crippen molar-refractivity contribution in [3.63, 3.8) is 0 Å². The van der Waals surface area contributed by atoms with Crippen LogP contribution >= 0.6 is 11.6 Å². The summed E-state index contributed by atoms with van der Waals surface area (Å²) in [5.41, 5.74) is 6.12. The minimum absolute atomic E-state index is 0.120. The number of sulfonamides is 1. The molecule has 122 valence electrons. The van der Waals surface area contributed by atoms with Crippen LogP contribution in [-0.4, -0.2) is 49.7 Å². The fourth-order valence-electron chi connectivity index (χ4n) is 2.36. The quantitative estimate of drug-likeness (QED) is 0.511. The summed E-state index contributed by atoms with van der Waals surface area (Å²) in [6.45, 7) is 4.44. The molecule has 2 unspecified atom stereocenters. The average molecular weight is 346 g/mol. The highest BCUT2D eigenvalue weighted by Gasteiger charge is 2.32. The second-order valence-electron chi connectivity index (χ2n) is 5.31. The molecule has 1 aromatic rings. The Morgan fingerprint density at radius 2 is 1.86 bits per heavy atom. The smallest absolute Gasteiger partial charge is 0.243 e. The summed E-state index contributed by atoms with van der Waals surface area (Å²) in [5.74, 6) is 0.414. The Morgan fingerprint density at radius 3 is 2.36 bits per heavy atom. The molecule has 0 aliphatic carbocycles. The normalized spacial score (nSPS) is 24.4. The number of hydrogen-bond donors (Lipinski definition) is 1. The van der Waals surface area contributed by atoms with Crippen molar-refractivity contribution in [2.45, 2.75) is 31.0 Å². The van der Waals surface area contributed by atoms with E-state index in [2.05, 4.69) is 4.99 Å². The highest BCUT2D eigenvalue weighted by atomic mass is 35.5. The van der Waals surface area contributed by atoms with Gasteiger partial charge in [0.05, 0.1) is 28.7 Å². The molecule has 2 N–H and O–H groups in total. The van der Waals surface area contributed by atoms with E-state index >= 15 is 0 Å². The standard InChI is InChI=1S/C14H20ClN3O3S/c1-10-8-18(9-11(2)21-10)22(19,20)13-5-3-12(4-6-13)17-14(16)7-15/h3-6,10-11H,7-9H2,1-2H3,(H2,16,17). The van der Waals surface area contributed by atoms with E-state index in [1.54, 1.807) is 12.1 Å². The molecule has 0 spiro atoms. The summed E-state index contributed by atoms with van der Waals surface area (Å²) in [7, 11) is -3.53. The van der Waals surface area contributed by atoms with E-state index < -0.39 is 10.0 Å². The van der Waals surface area contributed by atoms with E-state index in [1.165, 1.54) is 16.4 Å². The van der Waals surface area contributed by atoms with E-state index in [1.807, 2.05) is 13.8 Å². The van der Waals surface area contributed by atoms with E-state index in [9.17, 15) is 8.42 Å². The molecule has 0 radical (unpaired) electrons. The number of nitrogens with two attached hydrogens (primary N) is 1. The maximum absolute atomic E-state index is 12.7.